The molecule has 0 aromatic heterocycles. The molecular formula is C16H16N2O4S3. The second kappa shape index (κ2) is 6.81. The molecule has 1 unspecified atom stereocenters. The van der Waals surface area contributed by atoms with Crippen LogP contribution in [0.2, 0.25) is 0 Å². The molecule has 3 rings (SSSR count). The van der Waals surface area contributed by atoms with E-state index in [-0.39, 0.29) is 20.2 Å². The van der Waals surface area contributed by atoms with Crippen LogP contribution >= 0.6 is 11.8 Å². The molecule has 1 heterocycles. The standard InChI is InChI=1S/C16H16N2O4S3/c1-13-12-17-16(23-13)18(24(19,20)14-8-4-2-5-9-14)25(21,22)15-10-6-3-7-11-15/h2-11,13H,12H2,1H3. The molecule has 0 fully saturated rings. The summed E-state index contributed by atoms with van der Waals surface area (Å²) in [5.74, 6) is 0. The van der Waals surface area contributed by atoms with Crippen LogP contribution in [-0.2, 0) is 20.0 Å². The predicted octanol–water partition coefficient (Wildman–Crippen LogP) is 2.56. The highest BCUT2D eigenvalue weighted by molar-refractivity contribution is 8.18. The molecule has 2 aromatic rings. The van der Waals surface area contributed by atoms with Crippen LogP contribution in [0.15, 0.2) is 75.4 Å². The Balaban J connectivity index is 2.18. The van der Waals surface area contributed by atoms with E-state index < -0.39 is 20.0 Å². The Morgan fingerprint density at radius 3 is 1.68 bits per heavy atom. The molecule has 1 aliphatic heterocycles. The van der Waals surface area contributed by atoms with E-state index in [1.54, 1.807) is 36.4 Å². The number of aliphatic imine (C=N–C) groups is 1. The summed E-state index contributed by atoms with van der Waals surface area (Å²) in [5.41, 5.74) is 0. The van der Waals surface area contributed by atoms with Crippen molar-refractivity contribution in [2.24, 2.45) is 4.99 Å². The minimum atomic E-state index is -4.32. The van der Waals surface area contributed by atoms with E-state index >= 15 is 0 Å². The van der Waals surface area contributed by atoms with Crippen LogP contribution in [0, 0.1) is 0 Å². The van der Waals surface area contributed by atoms with E-state index in [0.717, 1.165) is 11.8 Å². The van der Waals surface area contributed by atoms with Crippen molar-refractivity contribution in [2.45, 2.75) is 22.0 Å². The summed E-state index contributed by atoms with van der Waals surface area (Å²) in [5, 5.41) is -0.0188. The molecule has 6 nitrogen and oxygen atoms in total. The largest absolute Gasteiger partial charge is 0.279 e. The van der Waals surface area contributed by atoms with Gasteiger partial charge < -0.3 is 0 Å². The summed E-state index contributed by atoms with van der Waals surface area (Å²) < 4.78 is 52.9. The SMILES string of the molecule is CC1CN=C(N(S(=O)(=O)c2ccccc2)S(=O)(=O)c2ccccc2)S1. The molecule has 132 valence electrons. The van der Waals surface area contributed by atoms with Gasteiger partial charge in [0.15, 0.2) is 5.17 Å². The fourth-order valence-corrected chi connectivity index (χ4v) is 7.33. The average molecular weight is 397 g/mol. The third kappa shape index (κ3) is 3.44. The first-order chi connectivity index (χ1) is 11.8. The highest BCUT2D eigenvalue weighted by Gasteiger charge is 2.41. The summed E-state index contributed by atoms with van der Waals surface area (Å²) in [6, 6.07) is 15.0. The minimum absolute atomic E-state index is 0.00875. The molecule has 0 amide bonds. The second-order valence-corrected chi connectivity index (χ2v) is 10.6. The fraction of sp³-hybridized carbons (Fsp3) is 0.188. The topological polar surface area (TPSA) is 83.9 Å². The van der Waals surface area contributed by atoms with Gasteiger partial charge >= 0.3 is 0 Å². The van der Waals surface area contributed by atoms with Crippen LogP contribution in [0.25, 0.3) is 0 Å². The van der Waals surface area contributed by atoms with Crippen molar-refractivity contribution in [3.05, 3.63) is 60.7 Å². The van der Waals surface area contributed by atoms with Gasteiger partial charge in [0.1, 0.15) is 0 Å². The molecule has 0 radical (unpaired) electrons. The zero-order chi connectivity index (χ0) is 18.1. The van der Waals surface area contributed by atoms with Gasteiger partial charge in [-0.3, -0.25) is 4.99 Å². The van der Waals surface area contributed by atoms with Crippen LogP contribution < -0.4 is 0 Å². The molecule has 2 aromatic carbocycles. The zero-order valence-electron chi connectivity index (χ0n) is 13.3. The Morgan fingerprint density at radius 2 is 1.32 bits per heavy atom. The maximum atomic E-state index is 13.1. The van der Waals surface area contributed by atoms with Crippen molar-refractivity contribution in [3.63, 3.8) is 0 Å². The van der Waals surface area contributed by atoms with E-state index in [4.69, 9.17) is 0 Å². The molecule has 0 aliphatic carbocycles. The van der Waals surface area contributed by atoms with E-state index in [1.165, 1.54) is 24.3 Å². The van der Waals surface area contributed by atoms with Gasteiger partial charge in [-0.2, -0.15) is 16.8 Å². The van der Waals surface area contributed by atoms with Crippen molar-refractivity contribution < 1.29 is 16.8 Å². The van der Waals surface area contributed by atoms with Crippen molar-refractivity contribution in [1.29, 1.82) is 0 Å². The Labute approximate surface area is 151 Å². The van der Waals surface area contributed by atoms with Crippen LogP contribution in [-0.4, -0.2) is 37.5 Å². The smallest absolute Gasteiger partial charge is 0.260 e. The van der Waals surface area contributed by atoms with E-state index in [9.17, 15) is 16.8 Å². The molecule has 1 aliphatic rings. The van der Waals surface area contributed by atoms with Gasteiger partial charge in [0.25, 0.3) is 20.0 Å². The summed E-state index contributed by atoms with van der Waals surface area (Å²) in [4.78, 5) is 3.95. The Bertz CT molecular complexity index is 919. The number of benzene rings is 2. The first-order valence-electron chi connectivity index (χ1n) is 7.45. The fourth-order valence-electron chi connectivity index (χ4n) is 2.27. The summed E-state index contributed by atoms with van der Waals surface area (Å²) in [6.07, 6.45) is 0. The van der Waals surface area contributed by atoms with Gasteiger partial charge in [0.2, 0.25) is 0 Å². The Morgan fingerprint density at radius 1 is 0.880 bits per heavy atom. The van der Waals surface area contributed by atoms with Gasteiger partial charge in [-0.05, 0) is 24.3 Å². The quantitative estimate of drug-likeness (QED) is 0.793. The van der Waals surface area contributed by atoms with Gasteiger partial charge in [-0.15, -0.1) is 3.71 Å². The second-order valence-electron chi connectivity index (χ2n) is 5.39. The number of rotatable bonds is 4. The lowest BCUT2D eigenvalue weighted by molar-refractivity contribution is 0.547. The molecule has 1 atom stereocenters. The lowest BCUT2D eigenvalue weighted by Gasteiger charge is -2.23. The van der Waals surface area contributed by atoms with Gasteiger partial charge in [-0.25, -0.2) is 0 Å². The van der Waals surface area contributed by atoms with Gasteiger partial charge in [0, 0.05) is 5.25 Å². The van der Waals surface area contributed by atoms with Crippen molar-refractivity contribution in [1.82, 2.24) is 3.71 Å². The molecule has 9 heteroatoms. The number of thioether (sulfide) groups is 1. The molecule has 0 saturated carbocycles. The summed E-state index contributed by atoms with van der Waals surface area (Å²) in [7, 11) is -8.64. The molecular weight excluding hydrogens is 380 g/mol. The molecule has 0 bridgehead atoms. The van der Waals surface area contributed by atoms with E-state index in [0.29, 0.717) is 10.3 Å². The molecule has 0 spiro atoms. The minimum Gasteiger partial charge on any atom is -0.260 e. The monoisotopic (exact) mass is 396 g/mol. The number of nitrogens with zero attached hydrogens (tertiary/aromatic N) is 2. The van der Waals surface area contributed by atoms with E-state index in [2.05, 4.69) is 4.99 Å². The molecule has 0 N–H and O–H groups in total. The normalized spacial score (nSPS) is 18.0. The summed E-state index contributed by atoms with van der Waals surface area (Å²) in [6.45, 7) is 2.23. The van der Waals surface area contributed by atoms with Crippen LogP contribution in [0.1, 0.15) is 6.92 Å². The zero-order valence-corrected chi connectivity index (χ0v) is 15.8. The van der Waals surface area contributed by atoms with Crippen molar-refractivity contribution >= 4 is 37.0 Å². The average Bonchev–Trinajstić information content (AvgIpc) is 3.01. The Kier molecular flexibility index (Phi) is 4.90. The number of hydrogen-bond acceptors (Lipinski definition) is 6. The third-order valence-corrected chi connectivity index (χ3v) is 8.90. The molecule has 0 saturated heterocycles. The Hall–Kier alpha value is -1.84. The highest BCUT2D eigenvalue weighted by Crippen LogP contribution is 2.32. The first-order valence-corrected chi connectivity index (χ1v) is 11.2. The van der Waals surface area contributed by atoms with Crippen LogP contribution in [0.3, 0.4) is 0 Å². The maximum Gasteiger partial charge on any atom is 0.279 e. The van der Waals surface area contributed by atoms with E-state index in [1.807, 2.05) is 6.92 Å². The van der Waals surface area contributed by atoms with Crippen molar-refractivity contribution in [2.75, 3.05) is 6.54 Å². The highest BCUT2D eigenvalue weighted by atomic mass is 32.3. The van der Waals surface area contributed by atoms with Crippen LogP contribution in [0.5, 0.6) is 0 Å². The molecule has 25 heavy (non-hydrogen) atoms. The van der Waals surface area contributed by atoms with Gasteiger partial charge in [-0.1, -0.05) is 55.1 Å². The number of amidine groups is 1. The first kappa shape index (κ1) is 18.0. The van der Waals surface area contributed by atoms with Crippen molar-refractivity contribution in [3.8, 4) is 0 Å². The van der Waals surface area contributed by atoms with Crippen LogP contribution in [0.4, 0.5) is 0 Å². The number of sulfonamides is 2. The van der Waals surface area contributed by atoms with Gasteiger partial charge in [0.05, 0.1) is 16.3 Å². The number of hydrogen-bond donors (Lipinski definition) is 0. The third-order valence-electron chi connectivity index (χ3n) is 3.47. The predicted molar refractivity (Wildman–Crippen MR) is 98.4 cm³/mol. The lowest BCUT2D eigenvalue weighted by Crippen LogP contribution is -2.40. The maximum absolute atomic E-state index is 13.1. The lowest BCUT2D eigenvalue weighted by atomic mass is 10.4. The summed E-state index contributed by atoms with van der Waals surface area (Å²) >= 11 is 1.13.